The number of piperidine rings is 1. The van der Waals surface area contributed by atoms with Crippen LogP contribution in [0.3, 0.4) is 0 Å². The van der Waals surface area contributed by atoms with Crippen LogP contribution in [0, 0.1) is 5.92 Å². The molecule has 4 rings (SSSR count). The number of carbonyl (C=O) groups is 1. The Morgan fingerprint density at radius 3 is 2.23 bits per heavy atom. The number of carbonyl (C=O) groups excluding carboxylic acids is 1. The number of para-hydroxylation sites is 2. The van der Waals surface area contributed by atoms with Gasteiger partial charge in [-0.05, 0) is 62.1 Å². The third-order valence-electron chi connectivity index (χ3n) is 5.88. The molecule has 160 valence electrons. The fourth-order valence-electron chi connectivity index (χ4n) is 4.16. The number of halogens is 1. The van der Waals surface area contributed by atoms with E-state index in [1.165, 1.54) is 29.3 Å². The summed E-state index contributed by atoms with van der Waals surface area (Å²) in [4.78, 5) is 15.4. The number of hydrogen-bond donors (Lipinski definition) is 1. The second-order valence-electron chi connectivity index (χ2n) is 7.83. The summed E-state index contributed by atoms with van der Waals surface area (Å²) in [6.45, 7) is 2.68. The predicted octanol–water partition coefficient (Wildman–Crippen LogP) is 3.98. The molecule has 2 aromatic rings. The number of sulfonamides is 1. The van der Waals surface area contributed by atoms with Gasteiger partial charge in [-0.3, -0.25) is 4.79 Å². The topological polar surface area (TPSA) is 69.7 Å². The van der Waals surface area contributed by atoms with Gasteiger partial charge in [-0.2, -0.15) is 4.31 Å². The SMILES string of the molecule is O=C(Nc1ccccc1N1CCCC1)C1CCN(S(=O)(=O)c2ccc(Cl)cc2)CC1. The van der Waals surface area contributed by atoms with Crippen molar-refractivity contribution in [3.63, 3.8) is 0 Å². The Balaban J connectivity index is 1.39. The lowest BCUT2D eigenvalue weighted by Gasteiger charge is -2.31. The van der Waals surface area contributed by atoms with Gasteiger partial charge in [-0.25, -0.2) is 8.42 Å². The van der Waals surface area contributed by atoms with Crippen molar-refractivity contribution in [3.05, 3.63) is 53.6 Å². The Morgan fingerprint density at radius 1 is 0.933 bits per heavy atom. The van der Waals surface area contributed by atoms with Crippen molar-refractivity contribution < 1.29 is 13.2 Å². The highest BCUT2D eigenvalue weighted by Crippen LogP contribution is 2.30. The van der Waals surface area contributed by atoms with E-state index in [0.717, 1.165) is 24.5 Å². The molecule has 1 N–H and O–H groups in total. The number of amides is 1. The molecule has 2 aromatic carbocycles. The van der Waals surface area contributed by atoms with Crippen LogP contribution in [-0.4, -0.2) is 44.8 Å². The maximum atomic E-state index is 12.9. The summed E-state index contributed by atoms with van der Waals surface area (Å²) in [5, 5.41) is 3.58. The molecule has 2 aliphatic rings. The number of nitrogens with one attached hydrogen (secondary N) is 1. The van der Waals surface area contributed by atoms with Crippen molar-refractivity contribution in [2.24, 2.45) is 5.92 Å². The standard InChI is InChI=1S/C22H26ClN3O3S/c23-18-7-9-19(10-8-18)30(28,29)26-15-11-17(12-16-26)22(27)24-20-5-1-2-6-21(20)25-13-3-4-14-25/h1-2,5-10,17H,3-4,11-16H2,(H,24,27). The van der Waals surface area contributed by atoms with Crippen molar-refractivity contribution in [3.8, 4) is 0 Å². The van der Waals surface area contributed by atoms with E-state index in [1.807, 2.05) is 24.3 Å². The molecule has 30 heavy (non-hydrogen) atoms. The molecule has 0 unspecified atom stereocenters. The molecule has 0 atom stereocenters. The van der Waals surface area contributed by atoms with Crippen LogP contribution in [0.5, 0.6) is 0 Å². The summed E-state index contributed by atoms with van der Waals surface area (Å²) in [5.41, 5.74) is 1.90. The first kappa shape index (κ1) is 21.2. The second kappa shape index (κ2) is 8.96. The molecular weight excluding hydrogens is 422 g/mol. The summed E-state index contributed by atoms with van der Waals surface area (Å²) in [6.07, 6.45) is 3.35. The van der Waals surface area contributed by atoms with Gasteiger partial charge in [-0.15, -0.1) is 0 Å². The molecule has 2 aliphatic heterocycles. The zero-order valence-electron chi connectivity index (χ0n) is 16.8. The average Bonchev–Trinajstić information content (AvgIpc) is 3.29. The van der Waals surface area contributed by atoms with Crippen molar-refractivity contribution in [1.29, 1.82) is 0 Å². The Morgan fingerprint density at radius 2 is 1.57 bits per heavy atom. The van der Waals surface area contributed by atoms with Crippen molar-refractivity contribution >= 4 is 38.9 Å². The van der Waals surface area contributed by atoms with E-state index in [1.54, 1.807) is 12.1 Å². The van der Waals surface area contributed by atoms with Crippen LogP contribution in [0.4, 0.5) is 11.4 Å². The molecule has 0 spiro atoms. The normalized spacial score (nSPS) is 18.5. The minimum Gasteiger partial charge on any atom is -0.370 e. The number of hydrogen-bond acceptors (Lipinski definition) is 4. The van der Waals surface area contributed by atoms with E-state index >= 15 is 0 Å². The van der Waals surface area contributed by atoms with E-state index in [2.05, 4.69) is 10.2 Å². The van der Waals surface area contributed by atoms with Gasteiger partial charge in [0.25, 0.3) is 0 Å². The van der Waals surface area contributed by atoms with Crippen LogP contribution in [-0.2, 0) is 14.8 Å². The number of nitrogens with zero attached hydrogens (tertiary/aromatic N) is 2. The zero-order chi connectivity index (χ0) is 21.1. The van der Waals surface area contributed by atoms with Gasteiger partial charge in [0.2, 0.25) is 15.9 Å². The smallest absolute Gasteiger partial charge is 0.243 e. The van der Waals surface area contributed by atoms with Crippen LogP contribution in [0.15, 0.2) is 53.4 Å². The Kier molecular flexibility index (Phi) is 6.32. The molecular formula is C22H26ClN3O3S. The van der Waals surface area contributed by atoms with Gasteiger partial charge in [0, 0.05) is 37.1 Å². The third-order valence-corrected chi connectivity index (χ3v) is 8.05. The van der Waals surface area contributed by atoms with Crippen molar-refractivity contribution in [1.82, 2.24) is 4.31 Å². The molecule has 0 radical (unpaired) electrons. The fraction of sp³-hybridized carbons (Fsp3) is 0.409. The second-order valence-corrected chi connectivity index (χ2v) is 10.2. The molecule has 2 fully saturated rings. The van der Waals surface area contributed by atoms with Crippen molar-refractivity contribution in [2.45, 2.75) is 30.6 Å². The molecule has 2 heterocycles. The first-order valence-corrected chi connectivity index (χ1v) is 12.2. The van der Waals surface area contributed by atoms with E-state index < -0.39 is 10.0 Å². The Labute approximate surface area is 182 Å². The molecule has 0 aromatic heterocycles. The van der Waals surface area contributed by atoms with E-state index in [-0.39, 0.29) is 16.7 Å². The monoisotopic (exact) mass is 447 g/mol. The first-order chi connectivity index (χ1) is 14.4. The van der Waals surface area contributed by atoms with Crippen LogP contribution in [0.1, 0.15) is 25.7 Å². The minimum atomic E-state index is -3.57. The van der Waals surface area contributed by atoms with Gasteiger partial charge < -0.3 is 10.2 Å². The molecule has 0 bridgehead atoms. The van der Waals surface area contributed by atoms with Crippen LogP contribution in [0.25, 0.3) is 0 Å². The predicted molar refractivity (Wildman–Crippen MR) is 119 cm³/mol. The quantitative estimate of drug-likeness (QED) is 0.752. The highest BCUT2D eigenvalue weighted by Gasteiger charge is 2.32. The number of anilines is 2. The highest BCUT2D eigenvalue weighted by atomic mass is 35.5. The largest absolute Gasteiger partial charge is 0.370 e. The van der Waals surface area contributed by atoms with Crippen LogP contribution >= 0.6 is 11.6 Å². The molecule has 8 heteroatoms. The lowest BCUT2D eigenvalue weighted by molar-refractivity contribution is -0.120. The maximum Gasteiger partial charge on any atom is 0.243 e. The van der Waals surface area contributed by atoms with Gasteiger partial charge in [-0.1, -0.05) is 23.7 Å². The fourth-order valence-corrected chi connectivity index (χ4v) is 5.76. The molecule has 2 saturated heterocycles. The Hall–Kier alpha value is -2.09. The van der Waals surface area contributed by atoms with Gasteiger partial charge in [0.05, 0.1) is 16.3 Å². The summed E-state index contributed by atoms with van der Waals surface area (Å²) in [7, 11) is -3.57. The van der Waals surface area contributed by atoms with Gasteiger partial charge >= 0.3 is 0 Å². The Bertz CT molecular complexity index is 997. The molecule has 1 amide bonds. The average molecular weight is 448 g/mol. The summed E-state index contributed by atoms with van der Waals surface area (Å²) >= 11 is 5.86. The highest BCUT2D eigenvalue weighted by molar-refractivity contribution is 7.89. The van der Waals surface area contributed by atoms with Crippen LogP contribution in [0.2, 0.25) is 5.02 Å². The van der Waals surface area contributed by atoms with E-state index in [0.29, 0.717) is 31.0 Å². The number of rotatable bonds is 5. The summed E-state index contributed by atoms with van der Waals surface area (Å²) < 4.78 is 27.1. The molecule has 0 aliphatic carbocycles. The van der Waals surface area contributed by atoms with Gasteiger partial charge in [0.15, 0.2) is 0 Å². The lowest BCUT2D eigenvalue weighted by atomic mass is 9.97. The lowest BCUT2D eigenvalue weighted by Crippen LogP contribution is -2.41. The minimum absolute atomic E-state index is 0.0369. The van der Waals surface area contributed by atoms with Crippen LogP contribution < -0.4 is 10.2 Å². The van der Waals surface area contributed by atoms with E-state index in [9.17, 15) is 13.2 Å². The van der Waals surface area contributed by atoms with E-state index in [4.69, 9.17) is 11.6 Å². The number of benzene rings is 2. The summed E-state index contributed by atoms with van der Waals surface area (Å²) in [6, 6.07) is 14.1. The maximum absolute atomic E-state index is 12.9. The van der Waals surface area contributed by atoms with Gasteiger partial charge in [0.1, 0.15) is 0 Å². The first-order valence-electron chi connectivity index (χ1n) is 10.4. The summed E-state index contributed by atoms with van der Waals surface area (Å²) in [5.74, 6) is -0.238. The van der Waals surface area contributed by atoms with Crippen molar-refractivity contribution in [2.75, 3.05) is 36.4 Å². The molecule has 0 saturated carbocycles. The third kappa shape index (κ3) is 4.48. The zero-order valence-corrected chi connectivity index (χ0v) is 18.3. The molecule has 6 nitrogen and oxygen atoms in total.